The first-order chi connectivity index (χ1) is 10.8. The van der Waals surface area contributed by atoms with E-state index in [1.807, 2.05) is 33.8 Å². The van der Waals surface area contributed by atoms with E-state index in [-0.39, 0.29) is 24.0 Å². The molecule has 0 spiro atoms. The van der Waals surface area contributed by atoms with Gasteiger partial charge >= 0.3 is 6.09 Å². The first kappa shape index (κ1) is 17.7. The summed E-state index contributed by atoms with van der Waals surface area (Å²) in [6.45, 7) is 8.82. The molecule has 1 aliphatic heterocycles. The standard InChI is InChI=1S/C18H27FN2O2/c1-13-11-15(20-12-14-7-5-6-8-16(14)19)9-10-21(13)17(22)23-18(2,3)4/h5-8,13,15,20H,9-12H2,1-4H3. The van der Waals surface area contributed by atoms with E-state index >= 15 is 0 Å². The highest BCUT2D eigenvalue weighted by Gasteiger charge is 2.31. The molecule has 128 valence electrons. The lowest BCUT2D eigenvalue weighted by Gasteiger charge is -2.38. The highest BCUT2D eigenvalue weighted by Crippen LogP contribution is 2.21. The average molecular weight is 322 g/mol. The molecule has 1 heterocycles. The predicted molar refractivity (Wildman–Crippen MR) is 88.7 cm³/mol. The lowest BCUT2D eigenvalue weighted by atomic mass is 9.98. The fourth-order valence-corrected chi connectivity index (χ4v) is 2.85. The van der Waals surface area contributed by atoms with Crippen LogP contribution in [0.4, 0.5) is 9.18 Å². The van der Waals surface area contributed by atoms with Crippen LogP contribution in [-0.4, -0.2) is 35.2 Å². The second-order valence-electron chi connectivity index (χ2n) is 7.22. The molecule has 1 N–H and O–H groups in total. The maximum atomic E-state index is 13.6. The monoisotopic (exact) mass is 322 g/mol. The van der Waals surface area contributed by atoms with Gasteiger partial charge in [-0.2, -0.15) is 0 Å². The SMILES string of the molecule is CC1CC(NCc2ccccc2F)CCN1C(=O)OC(C)(C)C. The second-order valence-corrected chi connectivity index (χ2v) is 7.22. The van der Waals surface area contributed by atoms with Gasteiger partial charge in [0.05, 0.1) is 0 Å². The van der Waals surface area contributed by atoms with Gasteiger partial charge in [-0.05, 0) is 46.6 Å². The molecule has 4 nitrogen and oxygen atoms in total. The van der Waals surface area contributed by atoms with Gasteiger partial charge in [0.15, 0.2) is 0 Å². The Balaban J connectivity index is 1.84. The maximum absolute atomic E-state index is 13.6. The topological polar surface area (TPSA) is 41.6 Å². The zero-order chi connectivity index (χ0) is 17.0. The van der Waals surface area contributed by atoms with Crippen LogP contribution in [-0.2, 0) is 11.3 Å². The van der Waals surface area contributed by atoms with E-state index in [1.165, 1.54) is 6.07 Å². The van der Waals surface area contributed by atoms with Crippen LogP contribution in [0, 0.1) is 5.82 Å². The Morgan fingerprint density at radius 1 is 1.39 bits per heavy atom. The van der Waals surface area contributed by atoms with Crippen LogP contribution < -0.4 is 5.32 Å². The molecule has 1 aliphatic rings. The van der Waals surface area contributed by atoms with E-state index in [0.717, 1.165) is 12.8 Å². The Morgan fingerprint density at radius 2 is 2.09 bits per heavy atom. The van der Waals surface area contributed by atoms with Gasteiger partial charge in [0, 0.05) is 30.7 Å². The normalized spacial score (nSPS) is 22.0. The third kappa shape index (κ3) is 5.20. The lowest BCUT2D eigenvalue weighted by Crippen LogP contribution is -2.50. The largest absolute Gasteiger partial charge is 0.444 e. The molecule has 0 saturated carbocycles. The molecular formula is C18H27FN2O2. The van der Waals surface area contributed by atoms with Gasteiger partial charge in [0.25, 0.3) is 0 Å². The van der Waals surface area contributed by atoms with Gasteiger partial charge in [-0.15, -0.1) is 0 Å². The molecule has 0 radical (unpaired) electrons. The molecule has 1 saturated heterocycles. The van der Waals surface area contributed by atoms with Gasteiger partial charge in [-0.3, -0.25) is 0 Å². The van der Waals surface area contributed by atoms with Crippen molar-refractivity contribution in [3.05, 3.63) is 35.6 Å². The zero-order valence-electron chi connectivity index (χ0n) is 14.4. The van der Waals surface area contributed by atoms with Crippen LogP contribution in [0.1, 0.15) is 46.1 Å². The van der Waals surface area contributed by atoms with Crippen LogP contribution in [0.2, 0.25) is 0 Å². The molecule has 1 aromatic carbocycles. The van der Waals surface area contributed by atoms with Crippen LogP contribution in [0.5, 0.6) is 0 Å². The second kappa shape index (κ2) is 7.30. The highest BCUT2D eigenvalue weighted by molar-refractivity contribution is 5.68. The summed E-state index contributed by atoms with van der Waals surface area (Å²) in [6.07, 6.45) is 1.43. The number of carbonyl (C=O) groups is 1. The number of benzene rings is 1. The molecule has 1 fully saturated rings. The summed E-state index contributed by atoms with van der Waals surface area (Å²) in [6, 6.07) is 7.19. The van der Waals surface area contributed by atoms with Crippen LogP contribution >= 0.6 is 0 Å². The summed E-state index contributed by atoms with van der Waals surface area (Å²) in [5.41, 5.74) is 0.200. The Labute approximate surface area is 138 Å². The molecule has 23 heavy (non-hydrogen) atoms. The molecule has 5 heteroatoms. The van der Waals surface area contributed by atoms with Crippen molar-refractivity contribution in [1.82, 2.24) is 10.2 Å². The number of piperidine rings is 1. The van der Waals surface area contributed by atoms with Crippen LogP contribution in [0.3, 0.4) is 0 Å². The van der Waals surface area contributed by atoms with E-state index in [2.05, 4.69) is 5.32 Å². The van der Waals surface area contributed by atoms with E-state index in [0.29, 0.717) is 18.7 Å². The van der Waals surface area contributed by atoms with Crippen molar-refractivity contribution in [3.8, 4) is 0 Å². The first-order valence-corrected chi connectivity index (χ1v) is 8.22. The molecule has 2 unspecified atom stereocenters. The quantitative estimate of drug-likeness (QED) is 0.922. The third-order valence-electron chi connectivity index (χ3n) is 4.04. The molecule has 0 aliphatic carbocycles. The summed E-state index contributed by atoms with van der Waals surface area (Å²) in [5.74, 6) is -0.181. The Hall–Kier alpha value is -1.62. The minimum absolute atomic E-state index is 0.108. The van der Waals surface area contributed by atoms with Crippen LogP contribution in [0.15, 0.2) is 24.3 Å². The smallest absolute Gasteiger partial charge is 0.410 e. The van der Waals surface area contributed by atoms with Crippen molar-refractivity contribution in [2.45, 2.75) is 64.8 Å². The number of nitrogens with one attached hydrogen (secondary N) is 1. The number of amides is 1. The summed E-state index contributed by atoms with van der Waals surface area (Å²) in [5, 5.41) is 3.40. The summed E-state index contributed by atoms with van der Waals surface area (Å²) >= 11 is 0. The highest BCUT2D eigenvalue weighted by atomic mass is 19.1. The predicted octanol–water partition coefficient (Wildman–Crippen LogP) is 3.70. The van der Waals surface area contributed by atoms with E-state index < -0.39 is 5.60 Å². The van der Waals surface area contributed by atoms with Crippen molar-refractivity contribution < 1.29 is 13.9 Å². The molecular weight excluding hydrogens is 295 g/mol. The number of carbonyl (C=O) groups excluding carboxylic acids is 1. The lowest BCUT2D eigenvalue weighted by molar-refractivity contribution is 0.00932. The number of nitrogens with zero attached hydrogens (tertiary/aromatic N) is 1. The number of likely N-dealkylation sites (tertiary alicyclic amines) is 1. The van der Waals surface area contributed by atoms with E-state index in [1.54, 1.807) is 17.0 Å². The Bertz CT molecular complexity index is 542. The van der Waals surface area contributed by atoms with Gasteiger partial charge in [0.1, 0.15) is 11.4 Å². The maximum Gasteiger partial charge on any atom is 0.410 e. The minimum Gasteiger partial charge on any atom is -0.444 e. The molecule has 2 atom stereocenters. The van der Waals surface area contributed by atoms with Crippen molar-refractivity contribution in [3.63, 3.8) is 0 Å². The number of halogens is 1. The summed E-state index contributed by atoms with van der Waals surface area (Å²) in [4.78, 5) is 14.0. The van der Waals surface area contributed by atoms with Gasteiger partial charge in [-0.1, -0.05) is 18.2 Å². The number of rotatable bonds is 3. The van der Waals surface area contributed by atoms with Gasteiger partial charge < -0.3 is 15.0 Å². The Morgan fingerprint density at radius 3 is 2.70 bits per heavy atom. The van der Waals surface area contributed by atoms with Crippen molar-refractivity contribution in [2.75, 3.05) is 6.54 Å². The molecule has 1 amide bonds. The molecule has 0 aromatic heterocycles. The number of hydrogen-bond donors (Lipinski definition) is 1. The molecule has 1 aromatic rings. The third-order valence-corrected chi connectivity index (χ3v) is 4.04. The number of hydrogen-bond acceptors (Lipinski definition) is 3. The summed E-state index contributed by atoms with van der Waals surface area (Å²) < 4.78 is 19.1. The average Bonchev–Trinajstić information content (AvgIpc) is 2.44. The fraction of sp³-hybridized carbons (Fsp3) is 0.611. The van der Waals surface area contributed by atoms with Crippen molar-refractivity contribution in [2.24, 2.45) is 0 Å². The van der Waals surface area contributed by atoms with E-state index in [4.69, 9.17) is 4.74 Å². The molecule has 0 bridgehead atoms. The van der Waals surface area contributed by atoms with Crippen molar-refractivity contribution >= 4 is 6.09 Å². The zero-order valence-corrected chi connectivity index (χ0v) is 14.4. The van der Waals surface area contributed by atoms with Gasteiger partial charge in [0.2, 0.25) is 0 Å². The Kier molecular flexibility index (Phi) is 5.63. The first-order valence-electron chi connectivity index (χ1n) is 8.22. The fourth-order valence-electron chi connectivity index (χ4n) is 2.85. The van der Waals surface area contributed by atoms with Crippen LogP contribution in [0.25, 0.3) is 0 Å². The summed E-state index contributed by atoms with van der Waals surface area (Å²) in [7, 11) is 0. The van der Waals surface area contributed by atoms with Crippen molar-refractivity contribution in [1.29, 1.82) is 0 Å². The van der Waals surface area contributed by atoms with Gasteiger partial charge in [-0.25, -0.2) is 9.18 Å². The van der Waals surface area contributed by atoms with E-state index in [9.17, 15) is 9.18 Å². The number of ether oxygens (including phenoxy) is 1. The minimum atomic E-state index is -0.475. The molecule has 2 rings (SSSR count).